The van der Waals surface area contributed by atoms with Gasteiger partial charge < -0.3 is 28.8 Å². The van der Waals surface area contributed by atoms with Crippen LogP contribution in [0, 0.1) is 13.8 Å². The van der Waals surface area contributed by atoms with Gasteiger partial charge in [0.2, 0.25) is 0 Å². The fourth-order valence-electron chi connectivity index (χ4n) is 3.99. The summed E-state index contributed by atoms with van der Waals surface area (Å²) in [6, 6.07) is 13.1. The lowest BCUT2D eigenvalue weighted by Crippen LogP contribution is -2.47. The van der Waals surface area contributed by atoms with Gasteiger partial charge in [0.25, 0.3) is 0 Å². The van der Waals surface area contributed by atoms with Crippen molar-refractivity contribution in [1.82, 2.24) is 4.90 Å². The van der Waals surface area contributed by atoms with Gasteiger partial charge in [0.1, 0.15) is 33.8 Å². The average Bonchev–Trinajstić information content (AvgIpc) is 2.89. The first-order valence-electron chi connectivity index (χ1n) is 11.5. The Hall–Kier alpha value is -2.75. The molecule has 1 aliphatic rings. The molecule has 2 heterocycles. The minimum atomic E-state index is -0.685. The van der Waals surface area contributed by atoms with E-state index in [0.717, 1.165) is 41.9 Å². The second-order valence-corrected chi connectivity index (χ2v) is 10.1. The monoisotopic (exact) mass is 514 g/mol. The quantitative estimate of drug-likeness (QED) is 0.471. The number of nitrogens with zero attached hydrogens (tertiary/aromatic N) is 2. The number of fused-ring (bicyclic) bond motifs is 1. The topological polar surface area (TPSA) is 75.4 Å². The Balaban J connectivity index is 1.24. The Morgan fingerprint density at radius 3 is 2.66 bits per heavy atom. The highest BCUT2D eigenvalue weighted by molar-refractivity contribution is 8.22. The maximum Gasteiger partial charge on any atom is 0.195 e. The van der Waals surface area contributed by atoms with Gasteiger partial charge in [-0.2, -0.15) is 0 Å². The van der Waals surface area contributed by atoms with Crippen molar-refractivity contribution in [2.24, 2.45) is 0 Å². The highest BCUT2D eigenvalue weighted by Crippen LogP contribution is 2.29. The standard InChI is InChI=1S/C26H30N2O5S2/c1-17-18(2)33-24-14-20(8-9-21(24)25(17)30)32-15-19(29)16-35-26(34)28-12-10-27(11-13-28)22-6-4-5-7-23(22)31-3/h4-9,14,19,29H,10-13,15-16H2,1-3H3. The molecule has 35 heavy (non-hydrogen) atoms. The van der Waals surface area contributed by atoms with Gasteiger partial charge in [-0.1, -0.05) is 36.1 Å². The lowest BCUT2D eigenvalue weighted by molar-refractivity contribution is 0.126. The van der Waals surface area contributed by atoms with Gasteiger partial charge >= 0.3 is 0 Å². The van der Waals surface area contributed by atoms with Crippen LogP contribution in [0.15, 0.2) is 51.7 Å². The fourth-order valence-corrected chi connectivity index (χ4v) is 5.17. The lowest BCUT2D eigenvalue weighted by atomic mass is 10.1. The van der Waals surface area contributed by atoms with E-state index in [1.807, 2.05) is 18.2 Å². The molecule has 0 radical (unpaired) electrons. The van der Waals surface area contributed by atoms with Crippen LogP contribution >= 0.6 is 24.0 Å². The van der Waals surface area contributed by atoms with E-state index in [2.05, 4.69) is 15.9 Å². The number of thioether (sulfide) groups is 1. The summed E-state index contributed by atoms with van der Waals surface area (Å²) in [6.07, 6.45) is -0.685. The van der Waals surface area contributed by atoms with Gasteiger partial charge in [-0.15, -0.1) is 0 Å². The number of aryl methyl sites for hydroxylation is 1. The van der Waals surface area contributed by atoms with Crippen molar-refractivity contribution in [2.45, 2.75) is 20.0 Å². The molecule has 1 saturated heterocycles. The third-order valence-corrected chi connectivity index (χ3v) is 7.80. The second-order valence-electron chi connectivity index (χ2n) is 8.46. The largest absolute Gasteiger partial charge is 0.495 e. The van der Waals surface area contributed by atoms with Crippen LogP contribution in [0.2, 0.25) is 0 Å². The first-order valence-corrected chi connectivity index (χ1v) is 12.9. The van der Waals surface area contributed by atoms with Crippen molar-refractivity contribution in [3.63, 3.8) is 0 Å². The SMILES string of the molecule is COc1ccccc1N1CCN(C(=S)SCC(O)COc2ccc3c(=O)c(C)c(C)oc3c2)CC1. The predicted octanol–water partition coefficient (Wildman–Crippen LogP) is 4.00. The van der Waals surface area contributed by atoms with E-state index in [-0.39, 0.29) is 12.0 Å². The predicted molar refractivity (Wildman–Crippen MR) is 145 cm³/mol. The molecule has 0 spiro atoms. The zero-order chi connectivity index (χ0) is 24.9. The van der Waals surface area contributed by atoms with Crippen LogP contribution in [0.1, 0.15) is 11.3 Å². The molecule has 4 rings (SSSR count). The zero-order valence-corrected chi connectivity index (χ0v) is 21.8. The van der Waals surface area contributed by atoms with E-state index >= 15 is 0 Å². The Bertz CT molecular complexity index is 1250. The van der Waals surface area contributed by atoms with E-state index in [0.29, 0.717) is 33.8 Å². The second kappa shape index (κ2) is 11.3. The van der Waals surface area contributed by atoms with Gasteiger partial charge in [-0.3, -0.25) is 4.79 Å². The number of ether oxygens (including phenoxy) is 2. The van der Waals surface area contributed by atoms with Gasteiger partial charge in [-0.25, -0.2) is 0 Å². The maximum absolute atomic E-state index is 12.4. The molecule has 0 bridgehead atoms. The molecular weight excluding hydrogens is 484 g/mol. The number of hydrogen-bond donors (Lipinski definition) is 1. The highest BCUT2D eigenvalue weighted by Gasteiger charge is 2.22. The number of aliphatic hydroxyl groups excluding tert-OH is 1. The Labute approximate surface area is 214 Å². The van der Waals surface area contributed by atoms with Crippen LogP contribution in [0.25, 0.3) is 11.0 Å². The Kier molecular flexibility index (Phi) is 8.20. The Morgan fingerprint density at radius 2 is 1.91 bits per heavy atom. The number of hydrogen-bond acceptors (Lipinski definition) is 8. The van der Waals surface area contributed by atoms with E-state index in [1.54, 1.807) is 39.2 Å². The van der Waals surface area contributed by atoms with Crippen molar-refractivity contribution < 1.29 is 19.0 Å². The summed E-state index contributed by atoms with van der Waals surface area (Å²) in [6.45, 7) is 6.98. The third-order valence-electron chi connectivity index (χ3n) is 6.13. The van der Waals surface area contributed by atoms with Crippen LogP contribution in [-0.2, 0) is 0 Å². The molecule has 1 N–H and O–H groups in total. The number of thiocarbonyl (C=S) groups is 1. The average molecular weight is 515 g/mol. The normalized spacial score (nSPS) is 14.7. The number of methoxy groups -OCH3 is 1. The number of piperazine rings is 1. The molecule has 1 atom stereocenters. The molecule has 9 heteroatoms. The van der Waals surface area contributed by atoms with Crippen LogP contribution in [0.5, 0.6) is 11.5 Å². The number of anilines is 1. The summed E-state index contributed by atoms with van der Waals surface area (Å²) in [5.74, 6) is 2.45. The van der Waals surface area contributed by atoms with Gasteiger partial charge in [0, 0.05) is 43.6 Å². The van der Waals surface area contributed by atoms with Gasteiger partial charge in [0.05, 0.1) is 24.3 Å². The highest BCUT2D eigenvalue weighted by atomic mass is 32.2. The van der Waals surface area contributed by atoms with Crippen LogP contribution in [0.4, 0.5) is 5.69 Å². The lowest BCUT2D eigenvalue weighted by Gasteiger charge is -2.37. The third kappa shape index (κ3) is 5.91. The molecule has 0 aliphatic carbocycles. The van der Waals surface area contributed by atoms with Crippen molar-refractivity contribution in [3.05, 3.63) is 64.0 Å². The first-order chi connectivity index (χ1) is 16.9. The molecule has 7 nitrogen and oxygen atoms in total. The summed E-state index contributed by atoms with van der Waals surface area (Å²) in [7, 11) is 1.69. The van der Waals surface area contributed by atoms with Crippen molar-refractivity contribution in [3.8, 4) is 11.5 Å². The van der Waals surface area contributed by atoms with Gasteiger partial charge in [-0.05, 0) is 38.1 Å². The molecule has 1 unspecified atom stereocenters. The van der Waals surface area contributed by atoms with Gasteiger partial charge in [0.15, 0.2) is 5.43 Å². The minimum absolute atomic E-state index is 0.0380. The van der Waals surface area contributed by atoms with E-state index in [9.17, 15) is 9.90 Å². The number of aliphatic hydroxyl groups is 1. The van der Waals surface area contributed by atoms with E-state index in [1.165, 1.54) is 11.8 Å². The summed E-state index contributed by atoms with van der Waals surface area (Å²) < 4.78 is 17.7. The fraction of sp³-hybridized carbons (Fsp3) is 0.385. The smallest absolute Gasteiger partial charge is 0.195 e. The Morgan fingerprint density at radius 1 is 1.17 bits per heavy atom. The first kappa shape index (κ1) is 25.3. The van der Waals surface area contributed by atoms with E-state index in [4.69, 9.17) is 26.1 Å². The number of para-hydroxylation sites is 2. The summed E-state index contributed by atoms with van der Waals surface area (Å²) in [5.41, 5.74) is 2.15. The van der Waals surface area contributed by atoms with Crippen molar-refractivity contribution in [2.75, 3.05) is 50.5 Å². The molecule has 3 aromatic rings. The molecule has 1 fully saturated rings. The number of rotatable bonds is 7. The molecule has 186 valence electrons. The van der Waals surface area contributed by atoms with Crippen molar-refractivity contribution >= 4 is 45.0 Å². The summed E-state index contributed by atoms with van der Waals surface area (Å²) in [4.78, 5) is 16.8. The summed E-state index contributed by atoms with van der Waals surface area (Å²) in [5, 5.41) is 10.9. The minimum Gasteiger partial charge on any atom is -0.495 e. The van der Waals surface area contributed by atoms with Crippen LogP contribution < -0.4 is 19.8 Å². The summed E-state index contributed by atoms with van der Waals surface area (Å²) >= 11 is 7.08. The molecule has 0 saturated carbocycles. The van der Waals surface area contributed by atoms with Crippen LogP contribution in [-0.4, -0.2) is 66.1 Å². The molecule has 2 aromatic carbocycles. The molecule has 1 aliphatic heterocycles. The molecule has 0 amide bonds. The van der Waals surface area contributed by atoms with Crippen LogP contribution in [0.3, 0.4) is 0 Å². The number of benzene rings is 2. The molecular formula is C26H30N2O5S2. The van der Waals surface area contributed by atoms with E-state index < -0.39 is 6.10 Å². The maximum atomic E-state index is 12.4. The zero-order valence-electron chi connectivity index (χ0n) is 20.2. The van der Waals surface area contributed by atoms with Crippen molar-refractivity contribution in [1.29, 1.82) is 0 Å². The molecule has 1 aromatic heterocycles.